The molecule has 2 rings (SSSR count). The van der Waals surface area contributed by atoms with Gasteiger partial charge in [-0.05, 0) is 32.9 Å². The fourth-order valence-electron chi connectivity index (χ4n) is 1.69. The van der Waals surface area contributed by atoms with E-state index in [1.807, 2.05) is 12.3 Å². The van der Waals surface area contributed by atoms with Gasteiger partial charge in [0, 0.05) is 11.8 Å². The monoisotopic (exact) mass is 265 g/mol. The Morgan fingerprint density at radius 2 is 2.28 bits per heavy atom. The maximum Gasteiger partial charge on any atom is 0.195 e. The number of hydrogen-bond donors (Lipinski definition) is 1. The molecule has 0 spiro atoms. The number of rotatable bonds is 7. The summed E-state index contributed by atoms with van der Waals surface area (Å²) in [5, 5.41) is 6.42. The maximum atomic E-state index is 5.69. The second-order valence-corrected chi connectivity index (χ2v) is 5.29. The van der Waals surface area contributed by atoms with Crippen LogP contribution in [0.5, 0.6) is 0 Å². The molecule has 0 saturated carbocycles. The standard InChI is InChI=1S/C13H19N3OS/c1-3-6-14-7-4-5-13-15-8-12(17-13)11-9-18-10(2)16-11/h8-9,14H,3-7H2,1-2H3. The molecule has 0 saturated heterocycles. The number of thiazole rings is 1. The lowest BCUT2D eigenvalue weighted by molar-refractivity contribution is 0.490. The minimum Gasteiger partial charge on any atom is -0.439 e. The molecule has 2 heterocycles. The second-order valence-electron chi connectivity index (χ2n) is 4.22. The Balaban J connectivity index is 1.83. The van der Waals surface area contributed by atoms with Crippen LogP contribution >= 0.6 is 11.3 Å². The number of hydrogen-bond acceptors (Lipinski definition) is 5. The van der Waals surface area contributed by atoms with E-state index in [-0.39, 0.29) is 0 Å². The van der Waals surface area contributed by atoms with Gasteiger partial charge in [-0.25, -0.2) is 9.97 Å². The van der Waals surface area contributed by atoms with Crippen LogP contribution in [-0.2, 0) is 6.42 Å². The molecule has 4 nitrogen and oxygen atoms in total. The molecule has 2 aromatic heterocycles. The Morgan fingerprint density at radius 3 is 3.00 bits per heavy atom. The first-order chi connectivity index (χ1) is 8.79. The van der Waals surface area contributed by atoms with Crippen molar-refractivity contribution in [3.8, 4) is 11.5 Å². The summed E-state index contributed by atoms with van der Waals surface area (Å²) in [6.07, 6.45) is 4.87. The van der Waals surface area contributed by atoms with Crippen LogP contribution in [0, 0.1) is 6.92 Å². The normalized spacial score (nSPS) is 11.0. The number of oxazole rings is 1. The van der Waals surface area contributed by atoms with E-state index < -0.39 is 0 Å². The molecule has 0 aliphatic carbocycles. The number of nitrogens with zero attached hydrogens (tertiary/aromatic N) is 2. The van der Waals surface area contributed by atoms with E-state index in [4.69, 9.17) is 4.42 Å². The van der Waals surface area contributed by atoms with Crippen molar-refractivity contribution in [1.82, 2.24) is 15.3 Å². The van der Waals surface area contributed by atoms with E-state index in [1.165, 1.54) is 6.42 Å². The maximum absolute atomic E-state index is 5.69. The number of aryl methyl sites for hydroxylation is 2. The van der Waals surface area contributed by atoms with Crippen LogP contribution < -0.4 is 5.32 Å². The Kier molecular flexibility index (Phi) is 4.90. The van der Waals surface area contributed by atoms with Crippen molar-refractivity contribution in [2.24, 2.45) is 0 Å². The zero-order valence-corrected chi connectivity index (χ0v) is 11.7. The van der Waals surface area contributed by atoms with Gasteiger partial charge in [-0.3, -0.25) is 0 Å². The van der Waals surface area contributed by atoms with Gasteiger partial charge in [-0.15, -0.1) is 11.3 Å². The fourth-order valence-corrected chi connectivity index (χ4v) is 2.29. The van der Waals surface area contributed by atoms with Gasteiger partial charge in [0.25, 0.3) is 0 Å². The highest BCUT2D eigenvalue weighted by molar-refractivity contribution is 7.09. The molecule has 0 unspecified atom stereocenters. The third-order valence-corrected chi connectivity index (χ3v) is 3.37. The van der Waals surface area contributed by atoms with Gasteiger partial charge in [0.1, 0.15) is 5.69 Å². The lowest BCUT2D eigenvalue weighted by Crippen LogP contribution is -2.16. The molecule has 2 aromatic rings. The lowest BCUT2D eigenvalue weighted by Gasteiger charge is -2.00. The summed E-state index contributed by atoms with van der Waals surface area (Å²) in [5.41, 5.74) is 0.889. The zero-order chi connectivity index (χ0) is 12.8. The highest BCUT2D eigenvalue weighted by Gasteiger charge is 2.08. The quantitative estimate of drug-likeness (QED) is 0.782. The number of aromatic nitrogens is 2. The van der Waals surface area contributed by atoms with Crippen molar-refractivity contribution in [3.05, 3.63) is 22.5 Å². The molecular weight excluding hydrogens is 246 g/mol. The van der Waals surface area contributed by atoms with Crippen LogP contribution in [0.25, 0.3) is 11.5 Å². The Labute approximate surface area is 111 Å². The average molecular weight is 265 g/mol. The van der Waals surface area contributed by atoms with Crippen LogP contribution in [0.15, 0.2) is 16.0 Å². The molecule has 0 aromatic carbocycles. The summed E-state index contributed by atoms with van der Waals surface area (Å²) in [4.78, 5) is 8.68. The van der Waals surface area contributed by atoms with E-state index in [0.717, 1.165) is 48.3 Å². The molecule has 0 fully saturated rings. The van der Waals surface area contributed by atoms with Crippen LogP contribution in [0.1, 0.15) is 30.7 Å². The summed E-state index contributed by atoms with van der Waals surface area (Å²) in [7, 11) is 0. The van der Waals surface area contributed by atoms with Gasteiger partial charge in [0.2, 0.25) is 0 Å². The SMILES string of the molecule is CCCNCCCc1ncc(-c2csc(C)n2)o1. The van der Waals surface area contributed by atoms with Gasteiger partial charge in [0.05, 0.1) is 11.2 Å². The molecule has 0 amide bonds. The van der Waals surface area contributed by atoms with Gasteiger partial charge in [-0.1, -0.05) is 6.92 Å². The molecule has 0 bridgehead atoms. The summed E-state index contributed by atoms with van der Waals surface area (Å²) in [5.74, 6) is 1.57. The molecule has 0 radical (unpaired) electrons. The third-order valence-electron chi connectivity index (χ3n) is 2.60. The zero-order valence-electron chi connectivity index (χ0n) is 10.9. The smallest absolute Gasteiger partial charge is 0.195 e. The molecule has 0 aliphatic rings. The van der Waals surface area contributed by atoms with Crippen LogP contribution in [0.4, 0.5) is 0 Å². The highest BCUT2D eigenvalue weighted by Crippen LogP contribution is 2.22. The van der Waals surface area contributed by atoms with Crippen LogP contribution in [0.3, 0.4) is 0 Å². The van der Waals surface area contributed by atoms with Crippen molar-refractivity contribution in [3.63, 3.8) is 0 Å². The summed E-state index contributed by atoms with van der Waals surface area (Å²) < 4.78 is 5.69. The Hall–Kier alpha value is -1.20. The molecule has 98 valence electrons. The summed E-state index contributed by atoms with van der Waals surface area (Å²) in [6.45, 7) is 6.25. The van der Waals surface area contributed by atoms with Crippen molar-refractivity contribution in [2.75, 3.05) is 13.1 Å². The van der Waals surface area contributed by atoms with E-state index in [0.29, 0.717) is 0 Å². The predicted octanol–water partition coefficient (Wildman–Crippen LogP) is 3.04. The van der Waals surface area contributed by atoms with Crippen LogP contribution in [0.2, 0.25) is 0 Å². The molecule has 0 atom stereocenters. The van der Waals surface area contributed by atoms with Crippen molar-refractivity contribution in [2.45, 2.75) is 33.1 Å². The first-order valence-electron chi connectivity index (χ1n) is 6.37. The first-order valence-corrected chi connectivity index (χ1v) is 7.25. The highest BCUT2D eigenvalue weighted by atomic mass is 32.1. The molecular formula is C13H19N3OS. The van der Waals surface area contributed by atoms with E-state index in [2.05, 4.69) is 22.2 Å². The molecule has 18 heavy (non-hydrogen) atoms. The fraction of sp³-hybridized carbons (Fsp3) is 0.538. The molecule has 1 N–H and O–H groups in total. The topological polar surface area (TPSA) is 51.0 Å². The number of nitrogens with one attached hydrogen (secondary N) is 1. The van der Waals surface area contributed by atoms with Crippen molar-refractivity contribution < 1.29 is 4.42 Å². The largest absolute Gasteiger partial charge is 0.439 e. The average Bonchev–Trinajstić information content (AvgIpc) is 2.97. The molecule has 0 aliphatic heterocycles. The third kappa shape index (κ3) is 3.65. The molecule has 5 heteroatoms. The second kappa shape index (κ2) is 6.66. The van der Waals surface area contributed by atoms with Crippen LogP contribution in [-0.4, -0.2) is 23.1 Å². The Morgan fingerprint density at radius 1 is 1.39 bits per heavy atom. The predicted molar refractivity (Wildman–Crippen MR) is 73.8 cm³/mol. The van der Waals surface area contributed by atoms with Gasteiger partial charge < -0.3 is 9.73 Å². The lowest BCUT2D eigenvalue weighted by atomic mass is 10.3. The van der Waals surface area contributed by atoms with Gasteiger partial charge in [0.15, 0.2) is 11.7 Å². The van der Waals surface area contributed by atoms with E-state index >= 15 is 0 Å². The van der Waals surface area contributed by atoms with Gasteiger partial charge >= 0.3 is 0 Å². The first kappa shape index (κ1) is 13.2. The summed E-state index contributed by atoms with van der Waals surface area (Å²) in [6, 6.07) is 0. The van der Waals surface area contributed by atoms with E-state index in [1.54, 1.807) is 17.5 Å². The van der Waals surface area contributed by atoms with Crippen molar-refractivity contribution >= 4 is 11.3 Å². The van der Waals surface area contributed by atoms with Gasteiger partial charge in [-0.2, -0.15) is 0 Å². The summed E-state index contributed by atoms with van der Waals surface area (Å²) >= 11 is 1.63. The van der Waals surface area contributed by atoms with Crippen molar-refractivity contribution in [1.29, 1.82) is 0 Å². The van der Waals surface area contributed by atoms with E-state index in [9.17, 15) is 0 Å². The Bertz CT molecular complexity index is 478. The minimum absolute atomic E-state index is 0.774. The minimum atomic E-state index is 0.774.